The second-order valence-electron chi connectivity index (χ2n) is 4.30. The van der Waals surface area contributed by atoms with Gasteiger partial charge in [-0.3, -0.25) is 14.9 Å². The summed E-state index contributed by atoms with van der Waals surface area (Å²) < 4.78 is 0. The smallest absolute Gasteiger partial charge is 0.292 e. The number of carbonyl (C=O) groups excluding carboxylic acids is 1. The van der Waals surface area contributed by atoms with Crippen LogP contribution in [0.15, 0.2) is 18.2 Å². The molecule has 0 radical (unpaired) electrons. The molecule has 0 bridgehead atoms. The Kier molecular flexibility index (Phi) is 6.86. The van der Waals surface area contributed by atoms with Crippen LogP contribution in [0, 0.1) is 10.1 Å². The molecule has 0 unspecified atom stereocenters. The molecule has 1 aromatic rings. The first kappa shape index (κ1) is 16.3. The first-order valence-electron chi connectivity index (χ1n) is 6.38. The summed E-state index contributed by atoms with van der Waals surface area (Å²) in [6.07, 6.45) is 5.12. The minimum atomic E-state index is -0.589. The number of amides is 1. The van der Waals surface area contributed by atoms with E-state index in [4.69, 9.17) is 5.73 Å². The maximum Gasteiger partial charge on any atom is 0.292 e. The maximum absolute atomic E-state index is 11.9. The standard InChI is InChI=1S/C13H19N3O3S/c1-20-9-4-2-3-8-15-13(17)10-6-5-7-11(12(10)14)16(18)19/h5-7H,2-4,8-9,14H2,1H3,(H,15,17). The number of nitrogens with zero attached hydrogens (tertiary/aromatic N) is 1. The van der Waals surface area contributed by atoms with Crippen LogP contribution in [0.2, 0.25) is 0 Å². The Labute approximate surface area is 122 Å². The lowest BCUT2D eigenvalue weighted by molar-refractivity contribution is -0.383. The van der Waals surface area contributed by atoms with Crippen LogP contribution < -0.4 is 11.1 Å². The molecule has 1 aromatic carbocycles. The lowest BCUT2D eigenvalue weighted by Crippen LogP contribution is -2.25. The molecule has 0 aliphatic rings. The van der Waals surface area contributed by atoms with E-state index in [0.29, 0.717) is 6.54 Å². The van der Waals surface area contributed by atoms with E-state index in [1.165, 1.54) is 18.2 Å². The summed E-state index contributed by atoms with van der Waals surface area (Å²) in [5, 5.41) is 13.5. The van der Waals surface area contributed by atoms with Gasteiger partial charge in [0.2, 0.25) is 0 Å². The van der Waals surface area contributed by atoms with Gasteiger partial charge in [0.05, 0.1) is 10.5 Å². The molecule has 0 saturated carbocycles. The van der Waals surface area contributed by atoms with Gasteiger partial charge in [-0.25, -0.2) is 0 Å². The minimum absolute atomic E-state index is 0.0858. The van der Waals surface area contributed by atoms with Crippen LogP contribution in [0.5, 0.6) is 0 Å². The van der Waals surface area contributed by atoms with Crippen molar-refractivity contribution in [2.45, 2.75) is 19.3 Å². The Bertz CT molecular complexity index is 480. The molecule has 3 N–H and O–H groups in total. The van der Waals surface area contributed by atoms with E-state index in [2.05, 4.69) is 11.6 Å². The van der Waals surface area contributed by atoms with E-state index in [1.54, 1.807) is 11.8 Å². The third-order valence-corrected chi connectivity index (χ3v) is 3.53. The van der Waals surface area contributed by atoms with Gasteiger partial charge < -0.3 is 11.1 Å². The van der Waals surface area contributed by atoms with Crippen LogP contribution in [0.25, 0.3) is 0 Å². The summed E-state index contributed by atoms with van der Waals surface area (Å²) in [7, 11) is 0. The lowest BCUT2D eigenvalue weighted by atomic mass is 10.1. The second kappa shape index (κ2) is 8.42. The van der Waals surface area contributed by atoms with E-state index >= 15 is 0 Å². The molecule has 1 rings (SSSR count). The monoisotopic (exact) mass is 297 g/mol. The van der Waals surface area contributed by atoms with Crippen molar-refractivity contribution in [3.05, 3.63) is 33.9 Å². The van der Waals surface area contributed by atoms with Crippen molar-refractivity contribution in [1.82, 2.24) is 5.32 Å². The van der Waals surface area contributed by atoms with Gasteiger partial charge >= 0.3 is 0 Å². The number of nitrogens with one attached hydrogen (secondary N) is 1. The Morgan fingerprint density at radius 2 is 2.15 bits per heavy atom. The van der Waals surface area contributed by atoms with Gasteiger partial charge in [0.1, 0.15) is 5.69 Å². The van der Waals surface area contributed by atoms with Crippen LogP contribution in [0.4, 0.5) is 11.4 Å². The molecule has 0 aliphatic heterocycles. The number of hydrogen-bond donors (Lipinski definition) is 2. The number of para-hydroxylation sites is 1. The summed E-state index contributed by atoms with van der Waals surface area (Å²) in [5.41, 5.74) is 5.48. The maximum atomic E-state index is 11.9. The number of nitro groups is 1. The van der Waals surface area contributed by atoms with Crippen LogP contribution in [-0.2, 0) is 0 Å². The molecule has 6 nitrogen and oxygen atoms in total. The fraction of sp³-hybridized carbons (Fsp3) is 0.462. The zero-order valence-corrected chi connectivity index (χ0v) is 12.2. The predicted molar refractivity (Wildman–Crippen MR) is 82.1 cm³/mol. The van der Waals surface area contributed by atoms with Crippen molar-refractivity contribution >= 4 is 29.0 Å². The van der Waals surface area contributed by atoms with Gasteiger partial charge in [-0.15, -0.1) is 0 Å². The van der Waals surface area contributed by atoms with Crippen LogP contribution >= 0.6 is 11.8 Å². The van der Waals surface area contributed by atoms with Gasteiger partial charge in [0.25, 0.3) is 11.6 Å². The zero-order chi connectivity index (χ0) is 15.0. The quantitative estimate of drug-likeness (QED) is 0.332. The molecule has 110 valence electrons. The highest BCUT2D eigenvalue weighted by molar-refractivity contribution is 7.98. The Hall–Kier alpha value is -1.76. The highest BCUT2D eigenvalue weighted by atomic mass is 32.2. The predicted octanol–water partition coefficient (Wildman–Crippen LogP) is 2.44. The third-order valence-electron chi connectivity index (χ3n) is 2.84. The molecule has 7 heteroatoms. The number of nitrogens with two attached hydrogens (primary N) is 1. The van der Waals surface area contributed by atoms with Crippen molar-refractivity contribution in [2.75, 3.05) is 24.3 Å². The number of anilines is 1. The fourth-order valence-electron chi connectivity index (χ4n) is 1.76. The molecule has 0 aromatic heterocycles. The molecule has 0 atom stereocenters. The largest absolute Gasteiger partial charge is 0.393 e. The number of benzene rings is 1. The third kappa shape index (κ3) is 4.73. The molecule has 0 saturated heterocycles. The van der Waals surface area contributed by atoms with E-state index in [0.717, 1.165) is 25.0 Å². The number of rotatable bonds is 8. The number of carbonyl (C=O) groups is 1. The Morgan fingerprint density at radius 3 is 2.80 bits per heavy atom. The summed E-state index contributed by atoms with van der Waals surface area (Å²) in [5.74, 6) is 0.752. The average molecular weight is 297 g/mol. The fourth-order valence-corrected chi connectivity index (χ4v) is 2.25. The summed E-state index contributed by atoms with van der Waals surface area (Å²) in [6, 6.07) is 4.24. The van der Waals surface area contributed by atoms with Gasteiger partial charge in [-0.2, -0.15) is 11.8 Å². The molecule has 0 aliphatic carbocycles. The summed E-state index contributed by atoms with van der Waals surface area (Å²) in [4.78, 5) is 22.1. The van der Waals surface area contributed by atoms with Gasteiger partial charge in [0.15, 0.2) is 0 Å². The van der Waals surface area contributed by atoms with Crippen molar-refractivity contribution in [3.63, 3.8) is 0 Å². The van der Waals surface area contributed by atoms with Crippen molar-refractivity contribution < 1.29 is 9.72 Å². The molecule has 0 fully saturated rings. The number of hydrogen-bond acceptors (Lipinski definition) is 5. The summed E-state index contributed by atoms with van der Waals surface area (Å²) in [6.45, 7) is 0.551. The van der Waals surface area contributed by atoms with Gasteiger partial charge in [0, 0.05) is 12.6 Å². The molecule has 0 spiro atoms. The second-order valence-corrected chi connectivity index (χ2v) is 5.29. The van der Waals surface area contributed by atoms with Crippen molar-refractivity contribution in [3.8, 4) is 0 Å². The van der Waals surface area contributed by atoms with Gasteiger partial charge in [-0.05, 0) is 30.9 Å². The van der Waals surface area contributed by atoms with Crippen LogP contribution in [0.3, 0.4) is 0 Å². The molecular weight excluding hydrogens is 278 g/mol. The van der Waals surface area contributed by atoms with E-state index < -0.39 is 4.92 Å². The first-order chi connectivity index (χ1) is 9.57. The van der Waals surface area contributed by atoms with Gasteiger partial charge in [-0.1, -0.05) is 12.5 Å². The number of unbranched alkanes of at least 4 members (excludes halogenated alkanes) is 2. The topological polar surface area (TPSA) is 98.3 Å². The van der Waals surface area contributed by atoms with E-state index in [1.807, 2.05) is 0 Å². The number of nitrogen functional groups attached to an aromatic ring is 1. The molecule has 0 heterocycles. The van der Waals surface area contributed by atoms with Crippen LogP contribution in [-0.4, -0.2) is 29.4 Å². The normalized spacial score (nSPS) is 10.2. The Balaban J connectivity index is 2.52. The average Bonchev–Trinajstić information content (AvgIpc) is 2.42. The molecule has 20 heavy (non-hydrogen) atoms. The molecule has 1 amide bonds. The first-order valence-corrected chi connectivity index (χ1v) is 7.77. The van der Waals surface area contributed by atoms with Crippen LogP contribution in [0.1, 0.15) is 29.6 Å². The van der Waals surface area contributed by atoms with Crippen molar-refractivity contribution in [2.24, 2.45) is 0 Å². The summed E-state index contributed by atoms with van der Waals surface area (Å²) >= 11 is 1.80. The highest BCUT2D eigenvalue weighted by Gasteiger charge is 2.18. The zero-order valence-electron chi connectivity index (χ0n) is 11.4. The van der Waals surface area contributed by atoms with Crippen molar-refractivity contribution in [1.29, 1.82) is 0 Å². The number of thioether (sulfide) groups is 1. The highest BCUT2D eigenvalue weighted by Crippen LogP contribution is 2.24. The SMILES string of the molecule is CSCCCCCNC(=O)c1cccc([N+](=O)[O-])c1N. The number of nitro benzene ring substituents is 1. The lowest BCUT2D eigenvalue weighted by Gasteiger charge is -2.07. The van der Waals surface area contributed by atoms with E-state index in [9.17, 15) is 14.9 Å². The molecular formula is C13H19N3O3S. The Morgan fingerprint density at radius 1 is 1.40 bits per heavy atom. The minimum Gasteiger partial charge on any atom is -0.393 e. The van der Waals surface area contributed by atoms with E-state index in [-0.39, 0.29) is 22.8 Å².